The molecule has 1 heterocycles. The van der Waals surface area contributed by atoms with Crippen LogP contribution in [0.5, 0.6) is 11.5 Å². The lowest BCUT2D eigenvalue weighted by Crippen LogP contribution is -2.15. The summed E-state index contributed by atoms with van der Waals surface area (Å²) in [4.78, 5) is 0. The summed E-state index contributed by atoms with van der Waals surface area (Å²) in [5.74, 6) is 2.68. The molecule has 0 radical (unpaired) electrons. The van der Waals surface area contributed by atoms with Crippen LogP contribution in [0.15, 0.2) is 12.1 Å². The fraction of sp³-hybridized carbons (Fsp3) is 0.538. The fourth-order valence-corrected chi connectivity index (χ4v) is 2.98. The van der Waals surface area contributed by atoms with Crippen molar-refractivity contribution in [3.05, 3.63) is 23.3 Å². The van der Waals surface area contributed by atoms with Gasteiger partial charge in [-0.25, -0.2) is 0 Å². The van der Waals surface area contributed by atoms with Crippen LogP contribution in [0.2, 0.25) is 0 Å². The highest BCUT2D eigenvalue weighted by atomic mass is 35.5. The molecule has 3 rings (SSSR count). The molecule has 0 aromatic heterocycles. The van der Waals surface area contributed by atoms with Gasteiger partial charge in [0.25, 0.3) is 0 Å². The lowest BCUT2D eigenvalue weighted by molar-refractivity contribution is 0.171. The molecule has 0 spiro atoms. The van der Waals surface area contributed by atoms with E-state index >= 15 is 0 Å². The summed E-state index contributed by atoms with van der Waals surface area (Å²) in [6.07, 6.45) is 0. The third kappa shape index (κ3) is 1.32. The molecular formula is C13H15ClO2. The Labute approximate surface area is 101 Å². The molecule has 3 unspecified atom stereocenters. The van der Waals surface area contributed by atoms with Crippen molar-refractivity contribution in [1.82, 2.24) is 0 Å². The Hall–Kier alpha value is -0.890. The zero-order chi connectivity index (χ0) is 11.3. The average Bonchev–Trinajstić information content (AvgIpc) is 2.52. The summed E-state index contributed by atoms with van der Waals surface area (Å²) < 4.78 is 11.2. The molecule has 0 bridgehead atoms. The second-order valence-electron chi connectivity index (χ2n) is 4.67. The molecule has 3 heteroatoms. The largest absolute Gasteiger partial charge is 0.486 e. The summed E-state index contributed by atoms with van der Waals surface area (Å²) in [5, 5.41) is 0.0980. The van der Waals surface area contributed by atoms with E-state index in [4.69, 9.17) is 21.1 Å². The number of ether oxygens (including phenoxy) is 2. The first-order valence-corrected chi connectivity index (χ1v) is 6.19. The van der Waals surface area contributed by atoms with Crippen LogP contribution in [0.1, 0.15) is 36.3 Å². The van der Waals surface area contributed by atoms with Gasteiger partial charge in [-0.3, -0.25) is 0 Å². The highest BCUT2D eigenvalue weighted by Gasteiger charge is 2.35. The minimum Gasteiger partial charge on any atom is -0.486 e. The Morgan fingerprint density at radius 1 is 1.06 bits per heavy atom. The molecule has 86 valence electrons. The number of hydrogen-bond donors (Lipinski definition) is 0. The molecule has 1 aliphatic heterocycles. The molecule has 0 saturated carbocycles. The van der Waals surface area contributed by atoms with Crippen molar-refractivity contribution in [2.24, 2.45) is 5.92 Å². The maximum absolute atomic E-state index is 6.43. The van der Waals surface area contributed by atoms with Crippen LogP contribution in [0.4, 0.5) is 0 Å². The van der Waals surface area contributed by atoms with Gasteiger partial charge in [-0.05, 0) is 35.1 Å². The van der Waals surface area contributed by atoms with Crippen LogP contribution >= 0.6 is 11.6 Å². The van der Waals surface area contributed by atoms with Crippen LogP contribution in [-0.2, 0) is 0 Å². The van der Waals surface area contributed by atoms with Crippen molar-refractivity contribution in [1.29, 1.82) is 0 Å². The molecule has 0 amide bonds. The second-order valence-corrected chi connectivity index (χ2v) is 5.14. The summed E-state index contributed by atoms with van der Waals surface area (Å²) >= 11 is 6.43. The van der Waals surface area contributed by atoms with Crippen molar-refractivity contribution in [3.63, 3.8) is 0 Å². The van der Waals surface area contributed by atoms with Gasteiger partial charge in [0.05, 0.1) is 5.38 Å². The molecule has 16 heavy (non-hydrogen) atoms. The summed E-state index contributed by atoms with van der Waals surface area (Å²) in [7, 11) is 0. The lowest BCUT2D eigenvalue weighted by atomic mass is 9.96. The van der Waals surface area contributed by atoms with E-state index in [2.05, 4.69) is 26.0 Å². The molecule has 3 atom stereocenters. The Bertz CT molecular complexity index is 391. The van der Waals surface area contributed by atoms with E-state index in [9.17, 15) is 0 Å². The van der Waals surface area contributed by atoms with Crippen LogP contribution in [0, 0.1) is 5.92 Å². The molecule has 1 aromatic carbocycles. The Balaban J connectivity index is 2.12. The minimum atomic E-state index is 0.0980. The third-order valence-electron chi connectivity index (χ3n) is 3.79. The van der Waals surface area contributed by atoms with Crippen molar-refractivity contribution in [2.75, 3.05) is 13.2 Å². The van der Waals surface area contributed by atoms with Crippen molar-refractivity contribution < 1.29 is 9.47 Å². The fourth-order valence-electron chi connectivity index (χ4n) is 2.57. The van der Waals surface area contributed by atoms with Gasteiger partial charge < -0.3 is 9.47 Å². The van der Waals surface area contributed by atoms with E-state index in [1.807, 2.05) is 0 Å². The van der Waals surface area contributed by atoms with E-state index in [0.717, 1.165) is 11.5 Å². The number of alkyl halides is 1. The topological polar surface area (TPSA) is 18.5 Å². The summed E-state index contributed by atoms with van der Waals surface area (Å²) in [5.41, 5.74) is 2.53. The Kier molecular flexibility index (Phi) is 2.28. The van der Waals surface area contributed by atoms with Crippen LogP contribution < -0.4 is 9.47 Å². The van der Waals surface area contributed by atoms with Crippen molar-refractivity contribution >= 4 is 11.6 Å². The average molecular weight is 239 g/mol. The van der Waals surface area contributed by atoms with Crippen molar-refractivity contribution in [3.8, 4) is 11.5 Å². The van der Waals surface area contributed by atoms with E-state index in [-0.39, 0.29) is 5.38 Å². The number of halogens is 1. The van der Waals surface area contributed by atoms with E-state index in [1.54, 1.807) is 0 Å². The lowest BCUT2D eigenvalue weighted by Gasteiger charge is -2.20. The van der Waals surface area contributed by atoms with Gasteiger partial charge in [-0.1, -0.05) is 13.8 Å². The normalized spacial score (nSPS) is 31.3. The third-order valence-corrected chi connectivity index (χ3v) is 4.42. The van der Waals surface area contributed by atoms with Crippen LogP contribution in [-0.4, -0.2) is 13.2 Å². The number of fused-ring (bicyclic) bond motifs is 2. The molecule has 2 aliphatic rings. The quantitative estimate of drug-likeness (QED) is 0.644. The van der Waals surface area contributed by atoms with Gasteiger partial charge in [0.2, 0.25) is 0 Å². The monoisotopic (exact) mass is 238 g/mol. The highest BCUT2D eigenvalue weighted by Crippen LogP contribution is 2.51. The second kappa shape index (κ2) is 3.56. The smallest absolute Gasteiger partial charge is 0.161 e. The predicted molar refractivity (Wildman–Crippen MR) is 63.6 cm³/mol. The standard InChI is InChI=1S/C13H15ClO2/c1-7-8(2)13(14)10-6-12-11(5-9(7)10)15-3-4-16-12/h5-8,13H,3-4H2,1-2H3. The number of rotatable bonds is 0. The van der Waals surface area contributed by atoms with Gasteiger partial charge in [-0.15, -0.1) is 11.6 Å². The highest BCUT2D eigenvalue weighted by molar-refractivity contribution is 6.21. The van der Waals surface area contributed by atoms with E-state index in [0.29, 0.717) is 25.0 Å². The molecule has 1 aromatic rings. The Morgan fingerprint density at radius 3 is 2.25 bits per heavy atom. The number of hydrogen-bond acceptors (Lipinski definition) is 2. The molecule has 0 N–H and O–H groups in total. The van der Waals surface area contributed by atoms with Crippen LogP contribution in [0.25, 0.3) is 0 Å². The summed E-state index contributed by atoms with van der Waals surface area (Å²) in [6, 6.07) is 4.16. The van der Waals surface area contributed by atoms with Gasteiger partial charge in [-0.2, -0.15) is 0 Å². The molecule has 2 nitrogen and oxygen atoms in total. The maximum Gasteiger partial charge on any atom is 0.161 e. The predicted octanol–water partition coefficient (Wildman–Crippen LogP) is 3.49. The van der Waals surface area contributed by atoms with Crippen LogP contribution in [0.3, 0.4) is 0 Å². The summed E-state index contributed by atoms with van der Waals surface area (Å²) in [6.45, 7) is 5.69. The molecular weight excluding hydrogens is 224 g/mol. The zero-order valence-electron chi connectivity index (χ0n) is 9.50. The molecule has 0 fully saturated rings. The SMILES string of the molecule is CC1c2cc3c(cc2C(Cl)C1C)OCCO3. The van der Waals surface area contributed by atoms with E-state index < -0.39 is 0 Å². The molecule has 0 saturated heterocycles. The van der Waals surface area contributed by atoms with Gasteiger partial charge in [0.15, 0.2) is 11.5 Å². The molecule has 1 aliphatic carbocycles. The Morgan fingerprint density at radius 2 is 1.62 bits per heavy atom. The maximum atomic E-state index is 6.43. The van der Waals surface area contributed by atoms with E-state index in [1.165, 1.54) is 11.1 Å². The van der Waals surface area contributed by atoms with Gasteiger partial charge >= 0.3 is 0 Å². The zero-order valence-corrected chi connectivity index (χ0v) is 10.3. The van der Waals surface area contributed by atoms with Gasteiger partial charge in [0, 0.05) is 0 Å². The number of benzene rings is 1. The first-order chi connectivity index (χ1) is 7.68. The first-order valence-electron chi connectivity index (χ1n) is 5.76. The van der Waals surface area contributed by atoms with Gasteiger partial charge in [0.1, 0.15) is 13.2 Å². The minimum absolute atomic E-state index is 0.0980. The first kappa shape index (κ1) is 10.3. The van der Waals surface area contributed by atoms with Crippen molar-refractivity contribution in [2.45, 2.75) is 25.1 Å².